The minimum Gasteiger partial charge on any atom is -0.506 e. The van der Waals surface area contributed by atoms with Gasteiger partial charge in [-0.05, 0) is 37.0 Å². The molecule has 4 heteroatoms. The molecule has 2 unspecified atom stereocenters. The molecule has 1 fully saturated rings. The lowest BCUT2D eigenvalue weighted by atomic mass is 9.84. The number of hydrogen-bond donors (Lipinski definition) is 3. The van der Waals surface area contributed by atoms with Crippen LogP contribution in [0.5, 0.6) is 5.75 Å². The number of phenols is 1. The van der Waals surface area contributed by atoms with Crippen LogP contribution in [-0.2, 0) is 0 Å². The molecule has 1 aliphatic carbocycles. The van der Waals surface area contributed by atoms with Gasteiger partial charge in [0.05, 0.1) is 5.69 Å². The standard InChI is InChI=1S/C15H22N2O2/c1-2-10-4-3-5-12(8-10)17-15(19)11-6-7-13(16)14(18)9-11/h6-7,9-10,12,18H,2-5,8,16H2,1H3,(H,17,19). The quantitative estimate of drug-likeness (QED) is 0.579. The average molecular weight is 262 g/mol. The zero-order valence-corrected chi connectivity index (χ0v) is 11.4. The molecule has 1 aliphatic rings. The first kappa shape index (κ1) is 13.7. The third kappa shape index (κ3) is 3.40. The highest BCUT2D eigenvalue weighted by atomic mass is 16.3. The molecule has 1 saturated carbocycles. The van der Waals surface area contributed by atoms with E-state index >= 15 is 0 Å². The van der Waals surface area contributed by atoms with Crippen LogP contribution >= 0.6 is 0 Å². The van der Waals surface area contributed by atoms with Gasteiger partial charge < -0.3 is 16.2 Å². The molecule has 0 heterocycles. The van der Waals surface area contributed by atoms with E-state index in [1.165, 1.54) is 25.3 Å². The normalized spacial score (nSPS) is 23.0. The van der Waals surface area contributed by atoms with Crippen LogP contribution in [0.3, 0.4) is 0 Å². The minimum absolute atomic E-state index is 0.0391. The van der Waals surface area contributed by atoms with E-state index in [1.807, 2.05) is 0 Å². The number of nitrogens with two attached hydrogens (primary N) is 1. The number of phenolic OH excluding ortho intramolecular Hbond substituents is 1. The maximum atomic E-state index is 12.1. The van der Waals surface area contributed by atoms with Gasteiger partial charge in [0, 0.05) is 11.6 Å². The highest BCUT2D eigenvalue weighted by Crippen LogP contribution is 2.27. The molecule has 0 radical (unpaired) electrons. The number of aromatic hydroxyl groups is 1. The highest BCUT2D eigenvalue weighted by molar-refractivity contribution is 5.95. The van der Waals surface area contributed by atoms with Crippen LogP contribution in [0.2, 0.25) is 0 Å². The monoisotopic (exact) mass is 262 g/mol. The molecule has 1 amide bonds. The van der Waals surface area contributed by atoms with Gasteiger partial charge in [-0.2, -0.15) is 0 Å². The molecular weight excluding hydrogens is 240 g/mol. The molecule has 0 saturated heterocycles. The first-order valence-electron chi connectivity index (χ1n) is 6.99. The number of carbonyl (C=O) groups is 1. The predicted octanol–water partition coefficient (Wildman–Crippen LogP) is 2.67. The molecule has 2 atom stereocenters. The molecule has 1 aromatic carbocycles. The van der Waals surface area contributed by atoms with E-state index in [2.05, 4.69) is 12.2 Å². The van der Waals surface area contributed by atoms with E-state index in [9.17, 15) is 9.90 Å². The van der Waals surface area contributed by atoms with Crippen molar-refractivity contribution in [3.05, 3.63) is 23.8 Å². The van der Waals surface area contributed by atoms with Gasteiger partial charge in [-0.15, -0.1) is 0 Å². The molecule has 0 aromatic heterocycles. The summed E-state index contributed by atoms with van der Waals surface area (Å²) >= 11 is 0. The minimum atomic E-state index is -0.128. The van der Waals surface area contributed by atoms with Crippen molar-refractivity contribution in [3.63, 3.8) is 0 Å². The molecular formula is C15H22N2O2. The van der Waals surface area contributed by atoms with Gasteiger partial charge in [-0.3, -0.25) is 4.79 Å². The van der Waals surface area contributed by atoms with E-state index in [0.717, 1.165) is 18.8 Å². The molecule has 0 spiro atoms. The number of anilines is 1. The van der Waals surface area contributed by atoms with Crippen LogP contribution in [-0.4, -0.2) is 17.1 Å². The Bertz CT molecular complexity index is 459. The van der Waals surface area contributed by atoms with E-state index in [0.29, 0.717) is 11.3 Å². The number of hydrogen-bond acceptors (Lipinski definition) is 3. The van der Waals surface area contributed by atoms with Crippen molar-refractivity contribution < 1.29 is 9.90 Å². The lowest BCUT2D eigenvalue weighted by Crippen LogP contribution is -2.38. The Balaban J connectivity index is 1.98. The Hall–Kier alpha value is -1.71. The SMILES string of the molecule is CCC1CCCC(NC(=O)c2ccc(N)c(O)c2)C1. The van der Waals surface area contributed by atoms with Crippen molar-refractivity contribution in [2.24, 2.45) is 5.92 Å². The lowest BCUT2D eigenvalue weighted by Gasteiger charge is -2.29. The van der Waals surface area contributed by atoms with Gasteiger partial charge in [0.1, 0.15) is 5.75 Å². The summed E-state index contributed by atoms with van der Waals surface area (Å²) in [5, 5.41) is 12.6. The van der Waals surface area contributed by atoms with E-state index in [1.54, 1.807) is 12.1 Å². The number of nitrogens with one attached hydrogen (secondary N) is 1. The van der Waals surface area contributed by atoms with Crippen LogP contribution in [0.1, 0.15) is 49.4 Å². The van der Waals surface area contributed by atoms with Crippen LogP contribution < -0.4 is 11.1 Å². The van der Waals surface area contributed by atoms with Crippen molar-refractivity contribution in [3.8, 4) is 5.75 Å². The second kappa shape index (κ2) is 5.95. The lowest BCUT2D eigenvalue weighted by molar-refractivity contribution is 0.0919. The number of rotatable bonds is 3. The summed E-state index contributed by atoms with van der Waals surface area (Å²) in [5.74, 6) is 0.554. The van der Waals surface area contributed by atoms with Crippen LogP contribution in [0, 0.1) is 5.92 Å². The smallest absolute Gasteiger partial charge is 0.251 e. The Kier molecular flexibility index (Phi) is 4.30. The van der Waals surface area contributed by atoms with E-state index in [-0.39, 0.29) is 17.7 Å². The van der Waals surface area contributed by atoms with Crippen molar-refractivity contribution in [1.29, 1.82) is 0 Å². The molecule has 104 valence electrons. The van der Waals surface area contributed by atoms with E-state index in [4.69, 9.17) is 5.73 Å². The van der Waals surface area contributed by atoms with E-state index < -0.39 is 0 Å². The summed E-state index contributed by atoms with van der Waals surface area (Å²) in [6.07, 6.45) is 5.73. The van der Waals surface area contributed by atoms with Gasteiger partial charge >= 0.3 is 0 Å². The molecule has 2 rings (SSSR count). The maximum Gasteiger partial charge on any atom is 0.251 e. The summed E-state index contributed by atoms with van der Waals surface area (Å²) in [4.78, 5) is 12.1. The average Bonchev–Trinajstić information content (AvgIpc) is 2.42. The largest absolute Gasteiger partial charge is 0.506 e. The summed E-state index contributed by atoms with van der Waals surface area (Å²) < 4.78 is 0. The highest BCUT2D eigenvalue weighted by Gasteiger charge is 2.22. The fourth-order valence-electron chi connectivity index (χ4n) is 2.75. The summed E-state index contributed by atoms with van der Waals surface area (Å²) in [6, 6.07) is 4.88. The summed E-state index contributed by atoms with van der Waals surface area (Å²) in [6.45, 7) is 2.20. The van der Waals surface area contributed by atoms with Gasteiger partial charge in [0.15, 0.2) is 0 Å². The molecule has 4 N–H and O–H groups in total. The Morgan fingerprint density at radius 3 is 2.95 bits per heavy atom. The molecule has 19 heavy (non-hydrogen) atoms. The Labute approximate surface area is 114 Å². The van der Waals surface area contributed by atoms with Crippen molar-refractivity contribution in [2.45, 2.75) is 45.1 Å². The maximum absolute atomic E-state index is 12.1. The third-order valence-corrected chi connectivity index (χ3v) is 3.99. The van der Waals surface area contributed by atoms with Gasteiger partial charge in [-0.25, -0.2) is 0 Å². The molecule has 0 bridgehead atoms. The summed E-state index contributed by atoms with van der Waals surface area (Å²) in [7, 11) is 0. The Morgan fingerprint density at radius 2 is 2.26 bits per heavy atom. The van der Waals surface area contributed by atoms with Gasteiger partial charge in [0.2, 0.25) is 0 Å². The molecule has 0 aliphatic heterocycles. The fraction of sp³-hybridized carbons (Fsp3) is 0.533. The Morgan fingerprint density at radius 1 is 1.47 bits per heavy atom. The third-order valence-electron chi connectivity index (χ3n) is 3.99. The second-order valence-electron chi connectivity index (χ2n) is 5.38. The number of carbonyl (C=O) groups excluding carboxylic acids is 1. The van der Waals surface area contributed by atoms with Crippen LogP contribution in [0.15, 0.2) is 18.2 Å². The summed E-state index contributed by atoms with van der Waals surface area (Å²) in [5.41, 5.74) is 6.28. The zero-order valence-electron chi connectivity index (χ0n) is 11.4. The van der Waals surface area contributed by atoms with Crippen molar-refractivity contribution >= 4 is 11.6 Å². The second-order valence-corrected chi connectivity index (χ2v) is 5.38. The predicted molar refractivity (Wildman–Crippen MR) is 76.0 cm³/mol. The van der Waals surface area contributed by atoms with Crippen LogP contribution in [0.4, 0.5) is 5.69 Å². The van der Waals surface area contributed by atoms with Gasteiger partial charge in [0.25, 0.3) is 5.91 Å². The first-order valence-corrected chi connectivity index (χ1v) is 6.99. The topological polar surface area (TPSA) is 75.4 Å². The van der Waals surface area contributed by atoms with Crippen molar-refractivity contribution in [1.82, 2.24) is 5.32 Å². The fourth-order valence-corrected chi connectivity index (χ4v) is 2.75. The number of nitrogen functional groups attached to an aromatic ring is 1. The van der Waals surface area contributed by atoms with Gasteiger partial charge in [-0.1, -0.05) is 26.2 Å². The number of benzene rings is 1. The number of amides is 1. The van der Waals surface area contributed by atoms with Crippen molar-refractivity contribution in [2.75, 3.05) is 5.73 Å². The molecule has 1 aromatic rings. The molecule has 4 nitrogen and oxygen atoms in total. The zero-order chi connectivity index (χ0) is 13.8. The van der Waals surface area contributed by atoms with Crippen LogP contribution in [0.25, 0.3) is 0 Å². The first-order chi connectivity index (χ1) is 9.10.